The Morgan fingerprint density at radius 1 is 1.16 bits per heavy atom. The summed E-state index contributed by atoms with van der Waals surface area (Å²) < 4.78 is 13.5. The number of allylic oxidation sites excluding steroid dienone is 2. The molecule has 1 aliphatic carbocycles. The molecule has 3 heterocycles. The van der Waals surface area contributed by atoms with Crippen LogP contribution in [0.25, 0.3) is 6.08 Å². The van der Waals surface area contributed by atoms with Crippen molar-refractivity contribution >= 4 is 46.9 Å². The molecule has 9 heteroatoms. The van der Waals surface area contributed by atoms with Gasteiger partial charge < -0.3 is 9.47 Å². The highest BCUT2D eigenvalue weighted by atomic mass is 32.2. The minimum atomic E-state index is -0.540. The summed E-state index contributed by atoms with van der Waals surface area (Å²) in [6, 6.07) is 7.61. The highest BCUT2D eigenvalue weighted by molar-refractivity contribution is 8.25. The molecule has 1 aromatic heterocycles. The number of thiazole rings is 1. The van der Waals surface area contributed by atoms with Crippen molar-refractivity contribution in [3.63, 3.8) is 0 Å². The van der Waals surface area contributed by atoms with E-state index in [9.17, 15) is 9.59 Å². The number of fused-ring (bicyclic) bond motifs is 1. The fraction of sp³-hybridized carbons (Fsp3) is 0.348. The Morgan fingerprint density at radius 3 is 2.59 bits per heavy atom. The first-order valence-corrected chi connectivity index (χ1v) is 13.2. The van der Waals surface area contributed by atoms with Crippen molar-refractivity contribution in [2.45, 2.75) is 25.3 Å². The molecule has 1 aromatic carbocycles. The molecule has 6 nitrogen and oxygen atoms in total. The predicted octanol–water partition coefficient (Wildman–Crippen LogP) is 3.22. The largest absolute Gasteiger partial charge is 0.497 e. The van der Waals surface area contributed by atoms with Gasteiger partial charge in [0.1, 0.15) is 10.3 Å². The van der Waals surface area contributed by atoms with E-state index in [0.717, 1.165) is 47.8 Å². The summed E-state index contributed by atoms with van der Waals surface area (Å²) >= 11 is 5.06. The van der Waals surface area contributed by atoms with Crippen LogP contribution < -0.4 is 19.6 Å². The lowest BCUT2D eigenvalue weighted by Gasteiger charge is -2.31. The highest BCUT2D eigenvalue weighted by Gasteiger charge is 2.34. The number of esters is 1. The smallest absolute Gasteiger partial charge is 0.332 e. The minimum absolute atomic E-state index is 0.212. The van der Waals surface area contributed by atoms with E-state index < -0.39 is 5.97 Å². The summed E-state index contributed by atoms with van der Waals surface area (Å²) in [4.78, 5) is 30.9. The fourth-order valence-corrected chi connectivity index (χ4v) is 7.90. The van der Waals surface area contributed by atoms with Gasteiger partial charge in [-0.1, -0.05) is 23.5 Å². The van der Waals surface area contributed by atoms with Crippen molar-refractivity contribution in [1.82, 2.24) is 4.57 Å². The monoisotopic (exact) mass is 486 g/mol. The van der Waals surface area contributed by atoms with Crippen LogP contribution in [-0.2, 0) is 9.53 Å². The van der Waals surface area contributed by atoms with Gasteiger partial charge >= 0.3 is 5.97 Å². The van der Waals surface area contributed by atoms with Gasteiger partial charge in [-0.2, -0.15) is 0 Å². The summed E-state index contributed by atoms with van der Waals surface area (Å²) in [6.45, 7) is 0. The molecule has 1 fully saturated rings. The third kappa shape index (κ3) is 3.76. The molecule has 1 saturated heterocycles. The van der Waals surface area contributed by atoms with Crippen LogP contribution in [0.5, 0.6) is 5.75 Å². The quantitative estimate of drug-likeness (QED) is 0.621. The fourth-order valence-electron chi connectivity index (χ4n) is 4.32. The van der Waals surface area contributed by atoms with E-state index in [1.54, 1.807) is 11.7 Å². The average molecular weight is 487 g/mol. The molecule has 0 N–H and O–H groups in total. The molecule has 5 rings (SSSR count). The first-order valence-electron chi connectivity index (χ1n) is 10.4. The molecule has 2 aliphatic heterocycles. The van der Waals surface area contributed by atoms with Gasteiger partial charge in [-0.3, -0.25) is 9.36 Å². The van der Waals surface area contributed by atoms with Crippen molar-refractivity contribution < 1.29 is 14.3 Å². The van der Waals surface area contributed by atoms with Crippen LogP contribution >= 0.6 is 34.9 Å². The minimum Gasteiger partial charge on any atom is -0.497 e. The first kappa shape index (κ1) is 21.6. The number of aromatic nitrogens is 1. The topological polar surface area (TPSA) is 69.9 Å². The third-order valence-electron chi connectivity index (χ3n) is 5.77. The maximum atomic E-state index is 13.4. The van der Waals surface area contributed by atoms with E-state index >= 15 is 0 Å². The number of benzene rings is 1. The van der Waals surface area contributed by atoms with E-state index in [0.29, 0.717) is 9.33 Å². The Labute approximate surface area is 197 Å². The molecule has 3 aliphatic rings. The Hall–Kier alpha value is -2.23. The number of thioether (sulfide) groups is 2. The summed E-state index contributed by atoms with van der Waals surface area (Å²) in [5.41, 5.74) is 4.31. The van der Waals surface area contributed by atoms with E-state index in [1.807, 2.05) is 47.8 Å². The van der Waals surface area contributed by atoms with Crippen LogP contribution in [0.3, 0.4) is 0 Å². The maximum absolute atomic E-state index is 13.4. The van der Waals surface area contributed by atoms with Gasteiger partial charge in [-0.15, -0.1) is 23.5 Å². The molecule has 32 heavy (non-hydrogen) atoms. The van der Waals surface area contributed by atoms with Crippen LogP contribution in [0.15, 0.2) is 55.1 Å². The molecule has 0 bridgehead atoms. The summed E-state index contributed by atoms with van der Waals surface area (Å²) in [5.74, 6) is 2.47. The molecule has 1 atom stereocenters. The number of hydrogen-bond acceptors (Lipinski definition) is 8. The molecule has 2 aromatic rings. The van der Waals surface area contributed by atoms with Crippen molar-refractivity contribution in [2.24, 2.45) is 4.99 Å². The molecular formula is C23H22N2O4S3. The average Bonchev–Trinajstić information content (AvgIpc) is 3.46. The number of nitrogens with zero attached hydrogens (tertiary/aromatic N) is 2. The van der Waals surface area contributed by atoms with Gasteiger partial charge in [-0.25, -0.2) is 9.79 Å². The Kier molecular flexibility index (Phi) is 6.05. The molecule has 0 radical (unpaired) electrons. The summed E-state index contributed by atoms with van der Waals surface area (Å²) in [5, 5.41) is 0. The van der Waals surface area contributed by atoms with Gasteiger partial charge in [-0.05, 0) is 48.1 Å². The van der Waals surface area contributed by atoms with Gasteiger partial charge in [0.05, 0.1) is 26.0 Å². The van der Waals surface area contributed by atoms with Crippen molar-refractivity contribution in [2.75, 3.05) is 25.7 Å². The third-order valence-corrected chi connectivity index (χ3v) is 9.56. The van der Waals surface area contributed by atoms with Crippen molar-refractivity contribution in [3.05, 3.63) is 70.6 Å². The van der Waals surface area contributed by atoms with Crippen molar-refractivity contribution in [3.8, 4) is 5.75 Å². The summed E-state index contributed by atoms with van der Waals surface area (Å²) in [7, 11) is 2.95. The molecule has 1 unspecified atom stereocenters. The van der Waals surface area contributed by atoms with E-state index in [4.69, 9.17) is 14.5 Å². The lowest BCUT2D eigenvalue weighted by molar-refractivity contribution is -0.133. The number of ether oxygens (including phenoxy) is 2. The lowest BCUT2D eigenvalue weighted by atomic mass is 9.85. The van der Waals surface area contributed by atoms with Crippen LogP contribution in [0.4, 0.5) is 0 Å². The number of methoxy groups -OCH3 is 2. The lowest BCUT2D eigenvalue weighted by Crippen LogP contribution is -2.39. The second-order valence-corrected chi connectivity index (χ2v) is 11.0. The van der Waals surface area contributed by atoms with Crippen LogP contribution in [0.2, 0.25) is 0 Å². The van der Waals surface area contributed by atoms with Gasteiger partial charge in [0.25, 0.3) is 5.56 Å². The zero-order valence-electron chi connectivity index (χ0n) is 17.8. The number of carbonyl (C=O) groups excluding carboxylic acids is 1. The zero-order chi connectivity index (χ0) is 22.2. The second kappa shape index (κ2) is 8.96. The van der Waals surface area contributed by atoms with Gasteiger partial charge in [0.15, 0.2) is 4.80 Å². The Morgan fingerprint density at radius 2 is 1.91 bits per heavy atom. The molecule has 0 amide bonds. The second-order valence-electron chi connectivity index (χ2n) is 7.57. The van der Waals surface area contributed by atoms with Crippen LogP contribution in [0.1, 0.15) is 30.9 Å². The standard InChI is InChI=1S/C23H22N2O4S3/c1-28-14-8-6-13(7-9-14)20-15-4-3-5-16(22-30-10-11-31-22)19(15)24-23-25(20)21(27)17(32-23)12-18(26)29-2/h6-9,12,20H,3-5,10-11H2,1-2H3. The van der Waals surface area contributed by atoms with E-state index in [2.05, 4.69) is 0 Å². The van der Waals surface area contributed by atoms with Crippen molar-refractivity contribution in [1.29, 1.82) is 0 Å². The van der Waals surface area contributed by atoms with E-state index in [-0.39, 0.29) is 11.6 Å². The maximum Gasteiger partial charge on any atom is 0.332 e. The van der Waals surface area contributed by atoms with Gasteiger partial charge in [0.2, 0.25) is 0 Å². The number of hydrogen-bond donors (Lipinski definition) is 0. The Balaban J connectivity index is 1.77. The van der Waals surface area contributed by atoms with Crippen LogP contribution in [0, 0.1) is 0 Å². The zero-order valence-corrected chi connectivity index (χ0v) is 20.2. The van der Waals surface area contributed by atoms with Gasteiger partial charge in [0, 0.05) is 21.8 Å². The Bertz CT molecular complexity index is 1310. The highest BCUT2D eigenvalue weighted by Crippen LogP contribution is 2.47. The normalized spacial score (nSPS) is 20.7. The number of rotatable bonds is 3. The van der Waals surface area contributed by atoms with Crippen LogP contribution in [-0.4, -0.2) is 36.3 Å². The molecule has 0 spiro atoms. The predicted molar refractivity (Wildman–Crippen MR) is 130 cm³/mol. The molecule has 0 saturated carbocycles. The molecule has 166 valence electrons. The summed E-state index contributed by atoms with van der Waals surface area (Å²) in [6.07, 6.45) is 4.19. The SMILES string of the molecule is COC(=O)C=c1sc2n(c1=O)C(c1ccc(OC)cc1)C1=C(N=2)C(=C2SCCS2)CCC1. The first-order chi connectivity index (χ1) is 15.6. The van der Waals surface area contributed by atoms with E-state index in [1.165, 1.54) is 39.9 Å². The molecular weight excluding hydrogens is 464 g/mol. The number of carbonyl (C=O) groups is 1.